The van der Waals surface area contributed by atoms with Crippen LogP contribution in [-0.4, -0.2) is 33.4 Å². The van der Waals surface area contributed by atoms with Crippen molar-refractivity contribution in [2.45, 2.75) is 18.2 Å². The number of nitrogens with zero attached hydrogens (tertiary/aromatic N) is 5. The Kier molecular flexibility index (Phi) is 3.86. The zero-order valence-corrected chi connectivity index (χ0v) is 13.2. The van der Waals surface area contributed by atoms with Crippen LogP contribution in [0.3, 0.4) is 0 Å². The molecule has 8 nitrogen and oxygen atoms in total. The number of hydrogen-bond donors (Lipinski definition) is 1. The first-order valence-corrected chi connectivity index (χ1v) is 8.70. The van der Waals surface area contributed by atoms with E-state index in [1.54, 1.807) is 24.4 Å². The molecular formula is C12H12N6O2S2. The summed E-state index contributed by atoms with van der Waals surface area (Å²) in [6.07, 6.45) is 4.97. The molecule has 0 bridgehead atoms. The summed E-state index contributed by atoms with van der Waals surface area (Å²) >= 11 is 1.21. The fourth-order valence-electron chi connectivity index (χ4n) is 1.67. The van der Waals surface area contributed by atoms with Gasteiger partial charge in [-0.1, -0.05) is 24.3 Å². The van der Waals surface area contributed by atoms with Crippen molar-refractivity contribution in [3.8, 4) is 5.82 Å². The Morgan fingerprint density at radius 3 is 2.86 bits per heavy atom. The molecule has 0 aliphatic rings. The molecule has 3 rings (SSSR count). The molecule has 0 saturated heterocycles. The third-order valence-electron chi connectivity index (χ3n) is 2.74. The molecular weight excluding hydrogens is 324 g/mol. The molecule has 0 fully saturated rings. The van der Waals surface area contributed by atoms with E-state index in [1.807, 2.05) is 6.92 Å². The monoisotopic (exact) mass is 336 g/mol. The van der Waals surface area contributed by atoms with Gasteiger partial charge < -0.3 is 0 Å². The Morgan fingerprint density at radius 2 is 2.18 bits per heavy atom. The number of sulfonamides is 1. The second-order valence-corrected chi connectivity index (χ2v) is 7.01. The summed E-state index contributed by atoms with van der Waals surface area (Å²) in [6, 6.07) is 5.30. The van der Waals surface area contributed by atoms with Gasteiger partial charge in [0.25, 0.3) is 10.0 Å². The van der Waals surface area contributed by atoms with Gasteiger partial charge >= 0.3 is 0 Å². The second kappa shape index (κ2) is 5.81. The number of hydrogen-bond acceptors (Lipinski definition) is 7. The molecule has 0 spiro atoms. The summed E-state index contributed by atoms with van der Waals surface area (Å²) in [5.74, 6) is 0.535. The zero-order valence-electron chi connectivity index (χ0n) is 11.5. The highest BCUT2D eigenvalue weighted by molar-refractivity contribution is 7.93. The lowest BCUT2D eigenvalue weighted by atomic mass is 10.5. The minimum atomic E-state index is -3.75. The maximum absolute atomic E-state index is 12.3. The van der Waals surface area contributed by atoms with Crippen molar-refractivity contribution in [1.82, 2.24) is 25.0 Å². The van der Waals surface area contributed by atoms with Gasteiger partial charge in [0, 0.05) is 6.20 Å². The fourth-order valence-corrected chi connectivity index (χ4v) is 3.51. The maximum atomic E-state index is 12.3. The molecule has 3 aromatic heterocycles. The SMILES string of the molecule is CCc1nnc(NS(=O)(=O)c2cnn(-c3ccccn3)c2)s1. The topological polar surface area (TPSA) is 103 Å². The molecule has 3 heterocycles. The molecule has 0 amide bonds. The molecule has 0 aliphatic carbocycles. The first kappa shape index (κ1) is 14.6. The number of rotatable bonds is 5. The van der Waals surface area contributed by atoms with Crippen LogP contribution < -0.4 is 4.72 Å². The lowest BCUT2D eigenvalue weighted by Gasteiger charge is -2.01. The van der Waals surface area contributed by atoms with Crippen molar-refractivity contribution < 1.29 is 8.42 Å². The van der Waals surface area contributed by atoms with Gasteiger partial charge in [-0.2, -0.15) is 5.10 Å². The van der Waals surface area contributed by atoms with E-state index in [2.05, 4.69) is 25.0 Å². The molecule has 1 N–H and O–H groups in total. The molecule has 0 aliphatic heterocycles. The number of pyridine rings is 1. The zero-order chi connectivity index (χ0) is 15.6. The normalized spacial score (nSPS) is 11.5. The van der Waals surface area contributed by atoms with Crippen LogP contribution in [-0.2, 0) is 16.4 Å². The lowest BCUT2D eigenvalue weighted by Crippen LogP contribution is -2.12. The van der Waals surface area contributed by atoms with Crippen LogP contribution in [0.4, 0.5) is 5.13 Å². The van der Waals surface area contributed by atoms with Crippen molar-refractivity contribution in [2.24, 2.45) is 0 Å². The summed E-state index contributed by atoms with van der Waals surface area (Å²) < 4.78 is 28.4. The summed E-state index contributed by atoms with van der Waals surface area (Å²) in [7, 11) is -3.75. The molecule has 0 unspecified atom stereocenters. The number of aromatic nitrogens is 5. The highest BCUT2D eigenvalue weighted by Gasteiger charge is 2.19. The largest absolute Gasteiger partial charge is 0.266 e. The van der Waals surface area contributed by atoms with Crippen molar-refractivity contribution >= 4 is 26.5 Å². The van der Waals surface area contributed by atoms with E-state index in [-0.39, 0.29) is 10.0 Å². The Morgan fingerprint density at radius 1 is 1.32 bits per heavy atom. The van der Waals surface area contributed by atoms with Gasteiger partial charge in [-0.05, 0) is 18.6 Å². The van der Waals surface area contributed by atoms with Crippen molar-refractivity contribution in [2.75, 3.05) is 4.72 Å². The summed E-state index contributed by atoms with van der Waals surface area (Å²) in [6.45, 7) is 1.93. The maximum Gasteiger partial charge on any atom is 0.266 e. The first-order chi connectivity index (χ1) is 10.6. The molecule has 0 saturated carbocycles. The Hall–Kier alpha value is -2.33. The fraction of sp³-hybridized carbons (Fsp3) is 0.167. The number of nitrogens with one attached hydrogen (secondary N) is 1. The summed E-state index contributed by atoms with van der Waals surface area (Å²) in [5, 5.41) is 12.7. The average molecular weight is 336 g/mol. The van der Waals surface area contributed by atoms with Gasteiger partial charge in [-0.3, -0.25) is 4.72 Å². The van der Waals surface area contributed by atoms with Crippen LogP contribution in [0.5, 0.6) is 0 Å². The van der Waals surface area contributed by atoms with Crippen LogP contribution in [0.1, 0.15) is 11.9 Å². The van der Waals surface area contributed by atoms with Crippen molar-refractivity contribution in [3.05, 3.63) is 41.8 Å². The summed E-state index contributed by atoms with van der Waals surface area (Å²) in [5.41, 5.74) is 0. The van der Waals surface area contributed by atoms with Crippen LogP contribution in [0.25, 0.3) is 5.82 Å². The van der Waals surface area contributed by atoms with E-state index >= 15 is 0 Å². The van der Waals surface area contributed by atoms with Gasteiger partial charge in [-0.15, -0.1) is 10.2 Å². The van der Waals surface area contributed by atoms with Gasteiger partial charge in [0.1, 0.15) is 9.90 Å². The smallest absolute Gasteiger partial charge is 0.253 e. The number of aryl methyl sites for hydroxylation is 1. The number of anilines is 1. The van der Waals surface area contributed by atoms with E-state index in [0.29, 0.717) is 12.2 Å². The van der Waals surface area contributed by atoms with Crippen LogP contribution in [0.2, 0.25) is 0 Å². The Bertz CT molecular complexity index is 872. The minimum Gasteiger partial charge on any atom is -0.253 e. The van der Waals surface area contributed by atoms with Crippen molar-refractivity contribution in [1.29, 1.82) is 0 Å². The second-order valence-electron chi connectivity index (χ2n) is 4.27. The van der Waals surface area contributed by atoms with Gasteiger partial charge in [0.05, 0.1) is 12.4 Å². The van der Waals surface area contributed by atoms with E-state index in [0.717, 1.165) is 5.01 Å². The third kappa shape index (κ3) is 2.97. The Labute approximate surface area is 130 Å². The summed E-state index contributed by atoms with van der Waals surface area (Å²) in [4.78, 5) is 4.14. The standard InChI is InChI=1S/C12H12N6O2S2/c1-2-11-15-16-12(21-11)17-22(19,20)9-7-14-18(8-9)10-5-3-4-6-13-10/h3-8H,2H2,1H3,(H,16,17). The third-order valence-corrected chi connectivity index (χ3v) is 5.15. The Balaban J connectivity index is 1.85. The molecule has 0 aromatic carbocycles. The van der Waals surface area contributed by atoms with E-state index < -0.39 is 10.0 Å². The van der Waals surface area contributed by atoms with E-state index in [9.17, 15) is 8.42 Å². The first-order valence-electron chi connectivity index (χ1n) is 6.40. The van der Waals surface area contributed by atoms with E-state index in [1.165, 1.54) is 28.4 Å². The van der Waals surface area contributed by atoms with Crippen LogP contribution in [0.15, 0.2) is 41.7 Å². The van der Waals surface area contributed by atoms with Gasteiger partial charge in [-0.25, -0.2) is 18.1 Å². The quantitative estimate of drug-likeness (QED) is 0.757. The van der Waals surface area contributed by atoms with Gasteiger partial charge in [0.15, 0.2) is 5.82 Å². The minimum absolute atomic E-state index is 0.0337. The van der Waals surface area contributed by atoms with Crippen molar-refractivity contribution in [3.63, 3.8) is 0 Å². The lowest BCUT2D eigenvalue weighted by molar-refractivity contribution is 0.601. The highest BCUT2D eigenvalue weighted by Crippen LogP contribution is 2.20. The molecule has 0 radical (unpaired) electrons. The highest BCUT2D eigenvalue weighted by atomic mass is 32.2. The van der Waals surface area contributed by atoms with E-state index in [4.69, 9.17) is 0 Å². The molecule has 3 aromatic rings. The molecule has 22 heavy (non-hydrogen) atoms. The molecule has 0 atom stereocenters. The predicted molar refractivity (Wildman–Crippen MR) is 81.5 cm³/mol. The predicted octanol–water partition coefficient (Wildman–Crippen LogP) is 1.48. The molecule has 114 valence electrons. The van der Waals surface area contributed by atoms with Crippen LogP contribution >= 0.6 is 11.3 Å². The van der Waals surface area contributed by atoms with Gasteiger partial charge in [0.2, 0.25) is 5.13 Å². The molecule has 10 heteroatoms. The van der Waals surface area contributed by atoms with Crippen LogP contribution in [0, 0.1) is 0 Å². The average Bonchev–Trinajstić information content (AvgIpc) is 3.17.